The van der Waals surface area contributed by atoms with Crippen LogP contribution in [0.5, 0.6) is 0 Å². The molecule has 0 radical (unpaired) electrons. The quantitative estimate of drug-likeness (QED) is 0.596. The monoisotopic (exact) mass is 227 g/mol. The molecule has 3 unspecified atom stereocenters. The molecule has 2 aliphatic rings. The van der Waals surface area contributed by atoms with Crippen molar-refractivity contribution in [3.8, 4) is 0 Å². The normalized spacial score (nSPS) is 34.0. The van der Waals surface area contributed by atoms with Gasteiger partial charge in [0.2, 0.25) is 0 Å². The van der Waals surface area contributed by atoms with Crippen molar-refractivity contribution in [2.45, 2.75) is 64.4 Å². The van der Waals surface area contributed by atoms with Gasteiger partial charge in [0.25, 0.3) is 0 Å². The lowest BCUT2D eigenvalue weighted by atomic mass is 10.1. The SMILES string of the molecule is CC1CCC2OC2CN1C(=O)OC(C)(C)C. The van der Waals surface area contributed by atoms with E-state index in [0.29, 0.717) is 12.6 Å². The molecule has 0 aromatic rings. The van der Waals surface area contributed by atoms with Gasteiger partial charge in [0, 0.05) is 6.04 Å². The second-order valence-electron chi connectivity index (χ2n) is 5.77. The third kappa shape index (κ3) is 2.67. The number of carbonyl (C=O) groups is 1. The molecule has 2 saturated heterocycles. The van der Waals surface area contributed by atoms with Crippen LogP contribution in [0, 0.1) is 0 Å². The minimum atomic E-state index is -0.424. The van der Waals surface area contributed by atoms with Gasteiger partial charge in [-0.2, -0.15) is 0 Å². The summed E-state index contributed by atoms with van der Waals surface area (Å²) in [6.07, 6.45) is 2.48. The summed E-state index contributed by atoms with van der Waals surface area (Å²) in [5.74, 6) is 0. The Morgan fingerprint density at radius 3 is 2.62 bits per heavy atom. The predicted molar refractivity (Wildman–Crippen MR) is 60.3 cm³/mol. The molecule has 2 fully saturated rings. The molecule has 0 spiro atoms. The standard InChI is InChI=1S/C12H21NO3/c1-8-5-6-9-10(15-9)7-13(8)11(14)16-12(2,3)4/h8-10H,5-7H2,1-4H3. The number of nitrogens with zero attached hydrogens (tertiary/aromatic N) is 1. The number of likely N-dealkylation sites (tertiary alicyclic amines) is 1. The molecule has 0 bridgehead atoms. The van der Waals surface area contributed by atoms with Crippen molar-refractivity contribution < 1.29 is 14.3 Å². The Bertz CT molecular complexity index is 284. The smallest absolute Gasteiger partial charge is 0.410 e. The zero-order chi connectivity index (χ0) is 11.9. The van der Waals surface area contributed by atoms with E-state index in [1.807, 2.05) is 25.7 Å². The zero-order valence-electron chi connectivity index (χ0n) is 10.5. The van der Waals surface area contributed by atoms with E-state index in [-0.39, 0.29) is 18.2 Å². The molecule has 92 valence electrons. The highest BCUT2D eigenvalue weighted by molar-refractivity contribution is 5.68. The number of hydrogen-bond acceptors (Lipinski definition) is 3. The van der Waals surface area contributed by atoms with E-state index in [2.05, 4.69) is 6.92 Å². The first kappa shape index (κ1) is 11.7. The van der Waals surface area contributed by atoms with E-state index in [0.717, 1.165) is 12.8 Å². The van der Waals surface area contributed by atoms with Gasteiger partial charge >= 0.3 is 6.09 Å². The molecule has 0 aromatic carbocycles. The lowest BCUT2D eigenvalue weighted by molar-refractivity contribution is 0.0152. The van der Waals surface area contributed by atoms with Gasteiger partial charge in [0.05, 0.1) is 12.6 Å². The van der Waals surface area contributed by atoms with Crippen LogP contribution in [0.4, 0.5) is 4.79 Å². The van der Waals surface area contributed by atoms with Crippen LogP contribution in [0.25, 0.3) is 0 Å². The third-order valence-electron chi connectivity index (χ3n) is 3.09. The number of epoxide rings is 1. The van der Waals surface area contributed by atoms with E-state index in [1.54, 1.807) is 0 Å². The second-order valence-corrected chi connectivity index (χ2v) is 5.77. The maximum absolute atomic E-state index is 12.0. The minimum absolute atomic E-state index is 0.212. The highest BCUT2D eigenvalue weighted by Crippen LogP contribution is 2.33. The van der Waals surface area contributed by atoms with Crippen LogP contribution in [0.3, 0.4) is 0 Å². The summed E-state index contributed by atoms with van der Waals surface area (Å²) in [5.41, 5.74) is -0.424. The summed E-state index contributed by atoms with van der Waals surface area (Å²) in [6, 6.07) is 0.256. The van der Waals surface area contributed by atoms with Gasteiger partial charge < -0.3 is 14.4 Å². The van der Waals surface area contributed by atoms with Gasteiger partial charge in [0.1, 0.15) is 11.7 Å². The van der Waals surface area contributed by atoms with Crippen molar-refractivity contribution >= 4 is 6.09 Å². The number of hydrogen-bond donors (Lipinski definition) is 0. The summed E-state index contributed by atoms with van der Waals surface area (Å²) in [6.45, 7) is 8.44. The first-order valence-electron chi connectivity index (χ1n) is 6.02. The van der Waals surface area contributed by atoms with Gasteiger partial charge in [-0.15, -0.1) is 0 Å². The first-order chi connectivity index (χ1) is 7.37. The number of ether oxygens (including phenoxy) is 2. The van der Waals surface area contributed by atoms with E-state index in [9.17, 15) is 4.79 Å². The molecule has 4 nitrogen and oxygen atoms in total. The number of rotatable bonds is 0. The Kier molecular flexibility index (Phi) is 2.86. The molecule has 2 rings (SSSR count). The Hall–Kier alpha value is -0.770. The summed E-state index contributed by atoms with van der Waals surface area (Å²) in [5, 5.41) is 0. The molecule has 16 heavy (non-hydrogen) atoms. The molecule has 0 N–H and O–H groups in total. The fraction of sp³-hybridized carbons (Fsp3) is 0.917. The highest BCUT2D eigenvalue weighted by atomic mass is 16.6. The van der Waals surface area contributed by atoms with Gasteiger partial charge in [-0.25, -0.2) is 4.79 Å². The summed E-state index contributed by atoms with van der Waals surface area (Å²) in [7, 11) is 0. The molecular weight excluding hydrogens is 206 g/mol. The average Bonchev–Trinajstić information content (AvgIpc) is 2.84. The predicted octanol–water partition coefficient (Wildman–Crippen LogP) is 2.17. The minimum Gasteiger partial charge on any atom is -0.444 e. The zero-order valence-corrected chi connectivity index (χ0v) is 10.5. The Balaban J connectivity index is 1.97. The van der Waals surface area contributed by atoms with Crippen LogP contribution in [-0.2, 0) is 9.47 Å². The molecule has 2 heterocycles. The maximum Gasteiger partial charge on any atom is 0.410 e. The van der Waals surface area contributed by atoms with Crippen LogP contribution in [0.2, 0.25) is 0 Å². The Labute approximate surface area is 96.9 Å². The van der Waals surface area contributed by atoms with Crippen LogP contribution >= 0.6 is 0 Å². The van der Waals surface area contributed by atoms with Gasteiger partial charge in [0.15, 0.2) is 0 Å². The van der Waals surface area contributed by atoms with Crippen LogP contribution in [-0.4, -0.2) is 41.4 Å². The average molecular weight is 227 g/mol. The van der Waals surface area contributed by atoms with Crippen molar-refractivity contribution in [1.29, 1.82) is 0 Å². The van der Waals surface area contributed by atoms with E-state index in [4.69, 9.17) is 9.47 Å². The second kappa shape index (κ2) is 3.91. The molecular formula is C12H21NO3. The molecule has 2 aliphatic heterocycles. The Morgan fingerprint density at radius 2 is 2.00 bits per heavy atom. The van der Waals surface area contributed by atoms with Crippen molar-refractivity contribution in [3.05, 3.63) is 0 Å². The van der Waals surface area contributed by atoms with Crippen LogP contribution in [0.15, 0.2) is 0 Å². The van der Waals surface area contributed by atoms with Crippen molar-refractivity contribution in [2.75, 3.05) is 6.54 Å². The van der Waals surface area contributed by atoms with Crippen LogP contribution < -0.4 is 0 Å². The molecule has 0 aromatic heterocycles. The molecule has 4 heteroatoms. The number of carbonyl (C=O) groups excluding carboxylic acids is 1. The largest absolute Gasteiger partial charge is 0.444 e. The van der Waals surface area contributed by atoms with Crippen LogP contribution in [0.1, 0.15) is 40.5 Å². The lowest BCUT2D eigenvalue weighted by Gasteiger charge is -2.30. The summed E-state index contributed by atoms with van der Waals surface area (Å²) >= 11 is 0. The third-order valence-corrected chi connectivity index (χ3v) is 3.09. The summed E-state index contributed by atoms with van der Waals surface area (Å²) in [4.78, 5) is 13.8. The molecule has 3 atom stereocenters. The molecule has 1 amide bonds. The first-order valence-corrected chi connectivity index (χ1v) is 6.02. The Morgan fingerprint density at radius 1 is 1.31 bits per heavy atom. The van der Waals surface area contributed by atoms with E-state index < -0.39 is 5.60 Å². The number of fused-ring (bicyclic) bond motifs is 1. The topological polar surface area (TPSA) is 42.1 Å². The van der Waals surface area contributed by atoms with Gasteiger partial charge in [-0.1, -0.05) is 0 Å². The van der Waals surface area contributed by atoms with E-state index >= 15 is 0 Å². The van der Waals surface area contributed by atoms with Gasteiger partial charge in [-0.05, 0) is 40.5 Å². The molecule has 0 saturated carbocycles. The van der Waals surface area contributed by atoms with Crippen molar-refractivity contribution in [2.24, 2.45) is 0 Å². The van der Waals surface area contributed by atoms with Gasteiger partial charge in [-0.3, -0.25) is 0 Å². The van der Waals surface area contributed by atoms with E-state index in [1.165, 1.54) is 0 Å². The molecule has 0 aliphatic carbocycles. The fourth-order valence-electron chi connectivity index (χ4n) is 2.10. The summed E-state index contributed by atoms with van der Waals surface area (Å²) < 4.78 is 10.9. The highest BCUT2D eigenvalue weighted by Gasteiger charge is 2.45. The fourth-order valence-corrected chi connectivity index (χ4v) is 2.10. The lowest BCUT2D eigenvalue weighted by Crippen LogP contribution is -2.43. The van der Waals surface area contributed by atoms with Crippen molar-refractivity contribution in [1.82, 2.24) is 4.90 Å². The van der Waals surface area contributed by atoms with Crippen molar-refractivity contribution in [3.63, 3.8) is 0 Å². The maximum atomic E-state index is 12.0. The number of amides is 1.